The Labute approximate surface area is 117 Å². The molecule has 20 heavy (non-hydrogen) atoms. The molecule has 4 rings (SSSR count). The SMILES string of the molecule is O=c1n(CN(C2CCCC2)C2CC2)nc2ccccn12. The van der Waals surface area contributed by atoms with E-state index in [9.17, 15) is 4.79 Å². The lowest BCUT2D eigenvalue weighted by atomic mass is 10.2. The molecule has 5 heteroatoms. The van der Waals surface area contributed by atoms with Gasteiger partial charge in [0.2, 0.25) is 0 Å². The van der Waals surface area contributed by atoms with Gasteiger partial charge in [0.05, 0.1) is 6.67 Å². The van der Waals surface area contributed by atoms with Gasteiger partial charge in [-0.15, -0.1) is 5.10 Å². The fraction of sp³-hybridized carbons (Fsp3) is 0.600. The molecule has 2 aliphatic carbocycles. The minimum atomic E-state index is -0.0238. The first-order chi connectivity index (χ1) is 9.83. The Balaban J connectivity index is 1.64. The van der Waals surface area contributed by atoms with Gasteiger partial charge in [-0.3, -0.25) is 9.30 Å². The maximum absolute atomic E-state index is 12.4. The highest BCUT2D eigenvalue weighted by Crippen LogP contribution is 2.34. The molecule has 0 saturated heterocycles. The van der Waals surface area contributed by atoms with E-state index < -0.39 is 0 Å². The van der Waals surface area contributed by atoms with Crippen molar-refractivity contribution in [3.8, 4) is 0 Å². The van der Waals surface area contributed by atoms with Crippen LogP contribution in [-0.4, -0.2) is 31.2 Å². The normalized spacial score (nSPS) is 20.2. The van der Waals surface area contributed by atoms with Gasteiger partial charge in [-0.2, -0.15) is 4.68 Å². The minimum Gasteiger partial charge on any atom is -0.278 e. The Morgan fingerprint density at radius 1 is 1.15 bits per heavy atom. The van der Waals surface area contributed by atoms with Crippen LogP contribution in [-0.2, 0) is 6.67 Å². The Morgan fingerprint density at radius 3 is 2.60 bits per heavy atom. The van der Waals surface area contributed by atoms with Gasteiger partial charge < -0.3 is 0 Å². The Hall–Kier alpha value is -1.62. The smallest absolute Gasteiger partial charge is 0.278 e. The van der Waals surface area contributed by atoms with Crippen molar-refractivity contribution >= 4 is 5.65 Å². The lowest BCUT2D eigenvalue weighted by Crippen LogP contribution is -2.40. The average molecular weight is 272 g/mol. The van der Waals surface area contributed by atoms with E-state index in [1.807, 2.05) is 18.2 Å². The number of aromatic nitrogens is 3. The summed E-state index contributed by atoms with van der Waals surface area (Å²) in [7, 11) is 0. The first-order valence-electron chi connectivity index (χ1n) is 7.63. The Bertz CT molecular complexity index is 664. The van der Waals surface area contributed by atoms with Crippen molar-refractivity contribution in [2.75, 3.05) is 0 Å². The second kappa shape index (κ2) is 4.74. The van der Waals surface area contributed by atoms with Crippen LogP contribution in [0.25, 0.3) is 5.65 Å². The largest absolute Gasteiger partial charge is 0.351 e. The summed E-state index contributed by atoms with van der Waals surface area (Å²) in [6.07, 6.45) is 9.55. The predicted octanol–water partition coefficient (Wildman–Crippen LogP) is 1.86. The third kappa shape index (κ3) is 2.06. The van der Waals surface area contributed by atoms with Gasteiger partial charge in [-0.1, -0.05) is 18.9 Å². The van der Waals surface area contributed by atoms with Crippen LogP contribution in [0.2, 0.25) is 0 Å². The van der Waals surface area contributed by atoms with E-state index in [1.165, 1.54) is 38.5 Å². The van der Waals surface area contributed by atoms with Crippen LogP contribution in [0.4, 0.5) is 0 Å². The van der Waals surface area contributed by atoms with E-state index >= 15 is 0 Å². The van der Waals surface area contributed by atoms with Crippen molar-refractivity contribution in [2.45, 2.75) is 57.3 Å². The number of nitrogens with zero attached hydrogens (tertiary/aromatic N) is 4. The predicted molar refractivity (Wildman–Crippen MR) is 76.6 cm³/mol. The Kier molecular flexibility index (Phi) is 2.88. The fourth-order valence-electron chi connectivity index (χ4n) is 3.39. The molecule has 0 aromatic carbocycles. The first-order valence-corrected chi connectivity index (χ1v) is 7.63. The summed E-state index contributed by atoms with van der Waals surface area (Å²) in [4.78, 5) is 14.9. The van der Waals surface area contributed by atoms with Gasteiger partial charge in [-0.05, 0) is 37.8 Å². The van der Waals surface area contributed by atoms with E-state index in [-0.39, 0.29) is 5.69 Å². The van der Waals surface area contributed by atoms with Crippen LogP contribution >= 0.6 is 0 Å². The summed E-state index contributed by atoms with van der Waals surface area (Å²) in [5, 5.41) is 4.46. The summed E-state index contributed by atoms with van der Waals surface area (Å²) in [5.74, 6) is 0. The van der Waals surface area contributed by atoms with Crippen molar-refractivity contribution < 1.29 is 0 Å². The highest BCUT2D eigenvalue weighted by atomic mass is 16.2. The monoisotopic (exact) mass is 272 g/mol. The van der Waals surface area contributed by atoms with Gasteiger partial charge in [0, 0.05) is 18.3 Å². The summed E-state index contributed by atoms with van der Waals surface area (Å²) in [6.45, 7) is 0.649. The Morgan fingerprint density at radius 2 is 1.90 bits per heavy atom. The highest BCUT2D eigenvalue weighted by molar-refractivity contribution is 5.35. The van der Waals surface area contributed by atoms with Crippen LogP contribution in [0, 0.1) is 0 Å². The molecule has 0 radical (unpaired) electrons. The lowest BCUT2D eigenvalue weighted by Gasteiger charge is -2.27. The van der Waals surface area contributed by atoms with E-state index in [2.05, 4.69) is 10.00 Å². The molecule has 2 saturated carbocycles. The summed E-state index contributed by atoms with van der Waals surface area (Å²) < 4.78 is 3.26. The van der Waals surface area contributed by atoms with Crippen LogP contribution in [0.1, 0.15) is 38.5 Å². The number of pyridine rings is 1. The maximum atomic E-state index is 12.4. The molecule has 0 amide bonds. The molecule has 106 valence electrons. The molecule has 2 fully saturated rings. The molecule has 0 unspecified atom stereocenters. The third-order valence-electron chi connectivity index (χ3n) is 4.60. The van der Waals surface area contributed by atoms with E-state index in [1.54, 1.807) is 15.3 Å². The number of hydrogen-bond donors (Lipinski definition) is 0. The quantitative estimate of drug-likeness (QED) is 0.853. The standard InChI is InChI=1S/C15H20N4O/c20-15-17-10-4-3-7-14(17)16-19(15)11-18(13-8-9-13)12-5-1-2-6-12/h3-4,7,10,12-13H,1-2,5-6,8-9,11H2. The second-order valence-corrected chi connectivity index (χ2v) is 6.04. The van der Waals surface area contributed by atoms with Crippen molar-refractivity contribution in [1.82, 2.24) is 19.1 Å². The molecule has 0 atom stereocenters. The van der Waals surface area contributed by atoms with E-state index in [4.69, 9.17) is 0 Å². The lowest BCUT2D eigenvalue weighted by molar-refractivity contribution is 0.133. The van der Waals surface area contributed by atoms with Gasteiger partial charge in [0.1, 0.15) is 0 Å². The van der Waals surface area contributed by atoms with E-state index in [0.717, 1.165) is 5.65 Å². The van der Waals surface area contributed by atoms with Crippen molar-refractivity contribution in [2.24, 2.45) is 0 Å². The number of fused-ring (bicyclic) bond motifs is 1. The summed E-state index contributed by atoms with van der Waals surface area (Å²) in [6, 6.07) is 7.00. The van der Waals surface area contributed by atoms with Gasteiger partial charge in [0.15, 0.2) is 5.65 Å². The summed E-state index contributed by atoms with van der Waals surface area (Å²) >= 11 is 0. The van der Waals surface area contributed by atoms with Gasteiger partial charge in [0.25, 0.3) is 0 Å². The molecular weight excluding hydrogens is 252 g/mol. The van der Waals surface area contributed by atoms with Gasteiger partial charge >= 0.3 is 5.69 Å². The third-order valence-corrected chi connectivity index (χ3v) is 4.60. The molecule has 2 aromatic heterocycles. The second-order valence-electron chi connectivity index (χ2n) is 6.04. The molecule has 2 aliphatic rings. The molecule has 0 bridgehead atoms. The van der Waals surface area contributed by atoms with Crippen LogP contribution in [0.15, 0.2) is 29.2 Å². The zero-order valence-electron chi connectivity index (χ0n) is 11.6. The first kappa shape index (κ1) is 12.1. The topological polar surface area (TPSA) is 42.5 Å². The molecular formula is C15H20N4O. The molecule has 0 aliphatic heterocycles. The van der Waals surface area contributed by atoms with Crippen LogP contribution in [0.5, 0.6) is 0 Å². The summed E-state index contributed by atoms with van der Waals surface area (Å²) in [5.41, 5.74) is 0.712. The zero-order chi connectivity index (χ0) is 13.5. The van der Waals surface area contributed by atoms with E-state index in [0.29, 0.717) is 18.8 Å². The molecule has 2 aromatic rings. The molecule has 2 heterocycles. The molecule has 5 nitrogen and oxygen atoms in total. The molecule has 0 spiro atoms. The van der Waals surface area contributed by atoms with Crippen LogP contribution < -0.4 is 5.69 Å². The fourth-order valence-corrected chi connectivity index (χ4v) is 3.39. The average Bonchev–Trinajstić information content (AvgIpc) is 3.06. The van der Waals surface area contributed by atoms with Crippen molar-refractivity contribution in [3.05, 3.63) is 34.9 Å². The van der Waals surface area contributed by atoms with Crippen LogP contribution in [0.3, 0.4) is 0 Å². The zero-order valence-corrected chi connectivity index (χ0v) is 11.6. The minimum absolute atomic E-state index is 0.0238. The van der Waals surface area contributed by atoms with Crippen molar-refractivity contribution in [3.63, 3.8) is 0 Å². The van der Waals surface area contributed by atoms with Crippen molar-refractivity contribution in [1.29, 1.82) is 0 Å². The van der Waals surface area contributed by atoms with Gasteiger partial charge in [-0.25, -0.2) is 4.79 Å². The molecule has 0 N–H and O–H groups in total. The highest BCUT2D eigenvalue weighted by Gasteiger charge is 2.35. The number of rotatable bonds is 4. The number of hydrogen-bond acceptors (Lipinski definition) is 3. The maximum Gasteiger partial charge on any atom is 0.351 e.